The molecule has 0 saturated heterocycles. The van der Waals surface area contributed by atoms with Gasteiger partial charge in [0.2, 0.25) is 0 Å². The van der Waals surface area contributed by atoms with E-state index in [1.54, 1.807) is 6.08 Å². The Labute approximate surface area is 143 Å². The molecule has 24 heavy (non-hydrogen) atoms. The summed E-state index contributed by atoms with van der Waals surface area (Å²) in [5.74, 6) is -0.310. The summed E-state index contributed by atoms with van der Waals surface area (Å²) in [5.41, 5.74) is 4.16. The summed E-state index contributed by atoms with van der Waals surface area (Å²) in [6, 6.07) is 14.0. The molecule has 0 aliphatic carbocycles. The molecule has 0 atom stereocenters. The monoisotopic (exact) mass is 321 g/mol. The molecule has 4 heteroatoms. The van der Waals surface area contributed by atoms with Gasteiger partial charge in [0.05, 0.1) is 0 Å². The summed E-state index contributed by atoms with van der Waals surface area (Å²) in [6.07, 6.45) is 3.58. The first-order valence-corrected chi connectivity index (χ1v) is 8.22. The first-order valence-electron chi connectivity index (χ1n) is 8.22. The number of hydrogen-bond acceptors (Lipinski definition) is 2. The lowest BCUT2D eigenvalue weighted by molar-refractivity contribution is -0.117. The van der Waals surface area contributed by atoms with E-state index in [1.165, 1.54) is 0 Å². The number of benzene rings is 1. The molecule has 0 bridgehead atoms. The summed E-state index contributed by atoms with van der Waals surface area (Å²) in [7, 11) is 0. The fourth-order valence-electron chi connectivity index (χ4n) is 2.69. The second kappa shape index (κ2) is 8.16. The van der Waals surface area contributed by atoms with Gasteiger partial charge in [0.25, 0.3) is 5.91 Å². The highest BCUT2D eigenvalue weighted by atomic mass is 16.1. The summed E-state index contributed by atoms with van der Waals surface area (Å²) in [5, 5.41) is 12.1. The van der Waals surface area contributed by atoms with E-state index in [0.717, 1.165) is 35.5 Å². The topological polar surface area (TPSA) is 57.8 Å². The molecule has 1 N–H and O–H groups in total. The van der Waals surface area contributed by atoms with E-state index in [4.69, 9.17) is 0 Å². The van der Waals surface area contributed by atoms with Crippen molar-refractivity contribution in [3.05, 3.63) is 58.9 Å². The molecule has 0 aliphatic heterocycles. The van der Waals surface area contributed by atoms with Crippen LogP contribution in [0.1, 0.15) is 36.7 Å². The fraction of sp³-hybridized carbons (Fsp3) is 0.300. The molecule has 2 rings (SSSR count). The largest absolute Gasteiger partial charge is 0.351 e. The predicted octanol–water partition coefficient (Wildman–Crippen LogP) is 3.92. The number of unbranched alkanes of at least 4 members (excludes halogenated alkanes) is 1. The van der Waals surface area contributed by atoms with Gasteiger partial charge in [-0.25, -0.2) is 0 Å². The number of nitrogens with zero attached hydrogens (tertiary/aromatic N) is 2. The van der Waals surface area contributed by atoms with E-state index in [1.807, 2.05) is 56.3 Å². The van der Waals surface area contributed by atoms with Crippen molar-refractivity contribution in [3.63, 3.8) is 0 Å². The average molecular weight is 321 g/mol. The van der Waals surface area contributed by atoms with Crippen LogP contribution in [0.15, 0.2) is 42.0 Å². The van der Waals surface area contributed by atoms with Crippen LogP contribution in [0.5, 0.6) is 0 Å². The van der Waals surface area contributed by atoms with E-state index in [-0.39, 0.29) is 11.5 Å². The lowest BCUT2D eigenvalue weighted by atomic mass is 10.1. The van der Waals surface area contributed by atoms with Crippen molar-refractivity contribution in [2.45, 2.75) is 33.6 Å². The SMILES string of the molecule is CCCCNC(=O)/C(C#N)=C/c1cc(C)n(-c2ccccc2)c1C. The molecular weight excluding hydrogens is 298 g/mol. The Balaban J connectivity index is 2.32. The van der Waals surface area contributed by atoms with Gasteiger partial charge in [-0.1, -0.05) is 31.5 Å². The molecule has 0 spiro atoms. The van der Waals surface area contributed by atoms with Gasteiger partial charge in [0.1, 0.15) is 11.6 Å². The van der Waals surface area contributed by atoms with Gasteiger partial charge in [-0.2, -0.15) is 5.26 Å². The second-order valence-corrected chi connectivity index (χ2v) is 5.78. The molecule has 1 aromatic carbocycles. The Morgan fingerprint density at radius 3 is 2.62 bits per heavy atom. The summed E-state index contributed by atoms with van der Waals surface area (Å²) < 4.78 is 2.12. The smallest absolute Gasteiger partial charge is 0.261 e. The van der Waals surface area contributed by atoms with Gasteiger partial charge in [0.15, 0.2) is 0 Å². The standard InChI is InChI=1S/C20H23N3O/c1-4-5-11-22-20(24)18(14-21)13-17-12-15(2)23(16(17)3)19-9-7-6-8-10-19/h6-10,12-13H,4-5,11H2,1-3H3,(H,22,24)/b18-13+. The Morgan fingerprint density at radius 2 is 2.00 bits per heavy atom. The third-order valence-corrected chi connectivity index (χ3v) is 3.97. The number of rotatable bonds is 6. The molecule has 4 nitrogen and oxygen atoms in total. The molecule has 0 unspecified atom stereocenters. The summed E-state index contributed by atoms with van der Waals surface area (Å²) >= 11 is 0. The van der Waals surface area contributed by atoms with E-state index < -0.39 is 0 Å². The van der Waals surface area contributed by atoms with Crippen LogP contribution in [0.4, 0.5) is 0 Å². The number of carbonyl (C=O) groups is 1. The Kier molecular flexibility index (Phi) is 5.97. The first-order chi connectivity index (χ1) is 11.6. The third kappa shape index (κ3) is 3.94. The third-order valence-electron chi connectivity index (χ3n) is 3.97. The number of hydrogen-bond donors (Lipinski definition) is 1. The zero-order valence-electron chi connectivity index (χ0n) is 14.5. The molecule has 2 aromatic rings. The number of para-hydroxylation sites is 1. The molecule has 1 heterocycles. The molecular formula is C20H23N3O. The van der Waals surface area contributed by atoms with Gasteiger partial charge < -0.3 is 9.88 Å². The van der Waals surface area contributed by atoms with Crippen molar-refractivity contribution in [2.75, 3.05) is 6.54 Å². The lowest BCUT2D eigenvalue weighted by Crippen LogP contribution is -2.25. The van der Waals surface area contributed by atoms with Crippen LogP contribution in [0.25, 0.3) is 11.8 Å². The van der Waals surface area contributed by atoms with E-state index in [2.05, 4.69) is 16.8 Å². The van der Waals surface area contributed by atoms with Crippen LogP contribution < -0.4 is 5.32 Å². The predicted molar refractivity (Wildman–Crippen MR) is 96.8 cm³/mol. The minimum absolute atomic E-state index is 0.138. The quantitative estimate of drug-likeness (QED) is 0.498. The normalized spacial score (nSPS) is 11.2. The van der Waals surface area contributed by atoms with Crippen molar-refractivity contribution < 1.29 is 4.79 Å². The molecule has 0 radical (unpaired) electrons. The Morgan fingerprint density at radius 1 is 1.29 bits per heavy atom. The molecule has 124 valence electrons. The zero-order chi connectivity index (χ0) is 17.5. The number of aromatic nitrogens is 1. The van der Waals surface area contributed by atoms with Gasteiger partial charge in [-0.15, -0.1) is 0 Å². The first kappa shape index (κ1) is 17.6. The van der Waals surface area contributed by atoms with Gasteiger partial charge in [-0.05, 0) is 50.1 Å². The van der Waals surface area contributed by atoms with Crippen molar-refractivity contribution in [3.8, 4) is 11.8 Å². The van der Waals surface area contributed by atoms with Gasteiger partial charge in [0, 0.05) is 23.6 Å². The Bertz CT molecular complexity index is 779. The highest BCUT2D eigenvalue weighted by Crippen LogP contribution is 2.22. The molecule has 1 amide bonds. The number of amides is 1. The second-order valence-electron chi connectivity index (χ2n) is 5.78. The molecule has 0 aliphatic rings. The highest BCUT2D eigenvalue weighted by Gasteiger charge is 2.13. The molecule has 0 saturated carbocycles. The van der Waals surface area contributed by atoms with E-state index in [9.17, 15) is 10.1 Å². The number of nitrogens with one attached hydrogen (secondary N) is 1. The van der Waals surface area contributed by atoms with Gasteiger partial charge >= 0.3 is 0 Å². The number of aryl methyl sites for hydroxylation is 1. The zero-order valence-corrected chi connectivity index (χ0v) is 14.5. The maximum atomic E-state index is 12.1. The summed E-state index contributed by atoms with van der Waals surface area (Å²) in [6.45, 7) is 6.67. The van der Waals surface area contributed by atoms with Crippen LogP contribution in [-0.4, -0.2) is 17.0 Å². The lowest BCUT2D eigenvalue weighted by Gasteiger charge is -2.09. The highest BCUT2D eigenvalue weighted by molar-refractivity contribution is 6.01. The maximum absolute atomic E-state index is 12.1. The van der Waals surface area contributed by atoms with E-state index >= 15 is 0 Å². The van der Waals surface area contributed by atoms with Gasteiger partial charge in [-0.3, -0.25) is 4.79 Å². The van der Waals surface area contributed by atoms with Crippen LogP contribution in [0.2, 0.25) is 0 Å². The minimum atomic E-state index is -0.310. The van der Waals surface area contributed by atoms with E-state index in [0.29, 0.717) is 6.54 Å². The Hall–Kier alpha value is -2.80. The molecule has 1 aromatic heterocycles. The number of carbonyl (C=O) groups excluding carboxylic acids is 1. The minimum Gasteiger partial charge on any atom is -0.351 e. The van der Waals surface area contributed by atoms with Crippen molar-refractivity contribution in [1.29, 1.82) is 5.26 Å². The summed E-state index contributed by atoms with van der Waals surface area (Å²) in [4.78, 5) is 12.1. The fourth-order valence-corrected chi connectivity index (χ4v) is 2.69. The molecule has 0 fully saturated rings. The van der Waals surface area contributed by atoms with Crippen LogP contribution in [0.3, 0.4) is 0 Å². The van der Waals surface area contributed by atoms with Crippen LogP contribution in [-0.2, 0) is 4.79 Å². The van der Waals surface area contributed by atoms with Crippen molar-refractivity contribution in [2.24, 2.45) is 0 Å². The van der Waals surface area contributed by atoms with Crippen LogP contribution >= 0.6 is 0 Å². The average Bonchev–Trinajstić information content (AvgIpc) is 2.87. The van der Waals surface area contributed by atoms with Crippen LogP contribution in [0, 0.1) is 25.2 Å². The van der Waals surface area contributed by atoms with Crippen molar-refractivity contribution >= 4 is 12.0 Å². The van der Waals surface area contributed by atoms with Crippen molar-refractivity contribution in [1.82, 2.24) is 9.88 Å². The number of nitriles is 1. The maximum Gasteiger partial charge on any atom is 0.261 e.